The largest absolute Gasteiger partial charge is 0.381 e. The summed E-state index contributed by atoms with van der Waals surface area (Å²) >= 11 is 1.93. The molecule has 0 atom stereocenters. The molecule has 1 fully saturated rings. The van der Waals surface area contributed by atoms with Gasteiger partial charge < -0.3 is 10.1 Å². The van der Waals surface area contributed by atoms with Gasteiger partial charge in [0.2, 0.25) is 0 Å². The molecule has 15 heavy (non-hydrogen) atoms. The average molecular weight is 231 g/mol. The Morgan fingerprint density at radius 2 is 1.93 bits per heavy atom. The summed E-state index contributed by atoms with van der Waals surface area (Å²) in [6, 6.07) is 0. The highest BCUT2D eigenvalue weighted by Crippen LogP contribution is 2.29. The minimum Gasteiger partial charge on any atom is -0.381 e. The third-order valence-electron chi connectivity index (χ3n) is 3.35. The Labute approximate surface area is 98.5 Å². The number of rotatable bonds is 5. The zero-order chi connectivity index (χ0) is 11.4. The van der Waals surface area contributed by atoms with E-state index in [0.29, 0.717) is 10.2 Å². The van der Waals surface area contributed by atoms with Gasteiger partial charge in [-0.1, -0.05) is 6.92 Å². The predicted molar refractivity (Wildman–Crippen MR) is 68.6 cm³/mol. The van der Waals surface area contributed by atoms with Gasteiger partial charge in [0.05, 0.1) is 0 Å². The van der Waals surface area contributed by atoms with Crippen molar-refractivity contribution in [1.29, 1.82) is 0 Å². The van der Waals surface area contributed by atoms with Crippen molar-refractivity contribution in [1.82, 2.24) is 5.32 Å². The fourth-order valence-electron chi connectivity index (χ4n) is 1.78. The van der Waals surface area contributed by atoms with Crippen LogP contribution in [0.5, 0.6) is 0 Å². The van der Waals surface area contributed by atoms with E-state index < -0.39 is 0 Å². The molecule has 1 aliphatic rings. The van der Waals surface area contributed by atoms with E-state index in [0.717, 1.165) is 26.3 Å². The van der Waals surface area contributed by atoms with Crippen LogP contribution in [0.4, 0.5) is 0 Å². The molecule has 0 aromatic carbocycles. The van der Waals surface area contributed by atoms with Crippen LogP contribution in [0.15, 0.2) is 0 Å². The molecule has 1 rings (SSSR count). The van der Waals surface area contributed by atoms with Crippen molar-refractivity contribution in [2.24, 2.45) is 5.41 Å². The summed E-state index contributed by atoms with van der Waals surface area (Å²) in [6.07, 6.45) is 4.57. The molecule has 2 nitrogen and oxygen atoms in total. The van der Waals surface area contributed by atoms with Crippen molar-refractivity contribution in [3.8, 4) is 0 Å². The minimum atomic E-state index is 0.349. The topological polar surface area (TPSA) is 21.3 Å². The van der Waals surface area contributed by atoms with Crippen LogP contribution in [-0.4, -0.2) is 37.3 Å². The molecule has 1 saturated heterocycles. The Morgan fingerprint density at radius 3 is 2.47 bits per heavy atom. The second-order valence-electron chi connectivity index (χ2n) is 5.49. The molecule has 0 radical (unpaired) electrons. The molecular formula is C12H25NOS. The number of nitrogens with one attached hydrogen (secondary N) is 1. The molecule has 0 unspecified atom stereocenters. The fraction of sp³-hybridized carbons (Fsp3) is 1.00. The van der Waals surface area contributed by atoms with Gasteiger partial charge >= 0.3 is 0 Å². The predicted octanol–water partition coefficient (Wildman–Crippen LogP) is 2.53. The zero-order valence-corrected chi connectivity index (χ0v) is 11.4. The first-order chi connectivity index (χ1) is 6.97. The van der Waals surface area contributed by atoms with Gasteiger partial charge in [-0.15, -0.1) is 0 Å². The van der Waals surface area contributed by atoms with Crippen LogP contribution in [0.1, 0.15) is 33.6 Å². The molecule has 0 aromatic rings. The maximum Gasteiger partial charge on any atom is 0.0471 e. The van der Waals surface area contributed by atoms with Crippen molar-refractivity contribution in [2.75, 3.05) is 32.6 Å². The first kappa shape index (κ1) is 13.3. The smallest absolute Gasteiger partial charge is 0.0471 e. The summed E-state index contributed by atoms with van der Waals surface area (Å²) in [6.45, 7) is 11.0. The summed E-state index contributed by atoms with van der Waals surface area (Å²) in [5.74, 6) is 0. The van der Waals surface area contributed by atoms with Gasteiger partial charge in [0, 0.05) is 31.1 Å². The van der Waals surface area contributed by atoms with E-state index in [1.807, 2.05) is 11.8 Å². The Balaban J connectivity index is 2.24. The lowest BCUT2D eigenvalue weighted by Crippen LogP contribution is -2.41. The van der Waals surface area contributed by atoms with Crippen LogP contribution in [0.3, 0.4) is 0 Å². The molecule has 0 saturated carbocycles. The number of ether oxygens (including phenoxy) is 1. The molecule has 0 aliphatic carbocycles. The normalized spacial score (nSPS) is 21.6. The maximum absolute atomic E-state index is 5.40. The molecular weight excluding hydrogens is 206 g/mol. The van der Waals surface area contributed by atoms with Crippen molar-refractivity contribution >= 4 is 11.8 Å². The lowest BCUT2D eigenvalue weighted by atomic mass is 9.82. The molecule has 0 aromatic heterocycles. The Kier molecular flexibility index (Phi) is 4.94. The van der Waals surface area contributed by atoms with Gasteiger partial charge in [-0.2, -0.15) is 11.8 Å². The maximum atomic E-state index is 5.40. The summed E-state index contributed by atoms with van der Waals surface area (Å²) in [5.41, 5.74) is 0.451. The van der Waals surface area contributed by atoms with Crippen LogP contribution in [-0.2, 0) is 4.74 Å². The quantitative estimate of drug-likeness (QED) is 0.785. The zero-order valence-electron chi connectivity index (χ0n) is 10.6. The third kappa shape index (κ3) is 4.75. The van der Waals surface area contributed by atoms with E-state index in [2.05, 4.69) is 32.3 Å². The minimum absolute atomic E-state index is 0.349. The van der Waals surface area contributed by atoms with E-state index in [-0.39, 0.29) is 0 Å². The van der Waals surface area contributed by atoms with E-state index in [1.54, 1.807) is 0 Å². The van der Waals surface area contributed by atoms with Gasteiger partial charge in [-0.25, -0.2) is 0 Å². The Bertz CT molecular complexity index is 188. The summed E-state index contributed by atoms with van der Waals surface area (Å²) in [7, 11) is 0. The lowest BCUT2D eigenvalue weighted by molar-refractivity contribution is 0.0240. The van der Waals surface area contributed by atoms with E-state index in [9.17, 15) is 0 Å². The molecule has 3 heteroatoms. The SMILES string of the molecule is CSC(C)(C)CNCC1(C)CCOCC1. The average Bonchev–Trinajstić information content (AvgIpc) is 2.18. The first-order valence-electron chi connectivity index (χ1n) is 5.81. The highest BCUT2D eigenvalue weighted by molar-refractivity contribution is 7.99. The highest BCUT2D eigenvalue weighted by Gasteiger charge is 2.27. The highest BCUT2D eigenvalue weighted by atomic mass is 32.2. The van der Waals surface area contributed by atoms with Gasteiger partial charge in [-0.05, 0) is 38.4 Å². The van der Waals surface area contributed by atoms with Crippen molar-refractivity contribution in [2.45, 2.75) is 38.4 Å². The van der Waals surface area contributed by atoms with Gasteiger partial charge in [0.25, 0.3) is 0 Å². The summed E-state index contributed by atoms with van der Waals surface area (Å²) < 4.78 is 5.75. The monoisotopic (exact) mass is 231 g/mol. The molecule has 0 bridgehead atoms. The van der Waals surface area contributed by atoms with Gasteiger partial charge in [0.1, 0.15) is 0 Å². The second-order valence-corrected chi connectivity index (χ2v) is 7.00. The van der Waals surface area contributed by atoms with Crippen molar-refractivity contribution in [3.05, 3.63) is 0 Å². The first-order valence-corrected chi connectivity index (χ1v) is 7.04. The van der Waals surface area contributed by atoms with E-state index in [1.165, 1.54) is 12.8 Å². The second kappa shape index (κ2) is 5.55. The molecule has 0 spiro atoms. The van der Waals surface area contributed by atoms with Gasteiger partial charge in [0.15, 0.2) is 0 Å². The van der Waals surface area contributed by atoms with Crippen LogP contribution in [0.25, 0.3) is 0 Å². The fourth-order valence-corrected chi connectivity index (χ4v) is 2.02. The lowest BCUT2D eigenvalue weighted by Gasteiger charge is -2.35. The number of thioether (sulfide) groups is 1. The molecule has 1 N–H and O–H groups in total. The number of hydrogen-bond donors (Lipinski definition) is 1. The third-order valence-corrected chi connectivity index (χ3v) is 4.60. The van der Waals surface area contributed by atoms with Crippen molar-refractivity contribution in [3.63, 3.8) is 0 Å². The van der Waals surface area contributed by atoms with Gasteiger partial charge in [-0.3, -0.25) is 0 Å². The van der Waals surface area contributed by atoms with E-state index >= 15 is 0 Å². The molecule has 1 aliphatic heterocycles. The molecule has 90 valence electrons. The van der Waals surface area contributed by atoms with E-state index in [4.69, 9.17) is 4.74 Å². The standard InChI is InChI=1S/C12H25NOS/c1-11(2,15-4)9-13-10-12(3)5-7-14-8-6-12/h13H,5-10H2,1-4H3. The molecule has 1 heterocycles. The van der Waals surface area contributed by atoms with Crippen LogP contribution in [0, 0.1) is 5.41 Å². The summed E-state index contributed by atoms with van der Waals surface area (Å²) in [5, 5.41) is 3.61. The Hall–Kier alpha value is 0.270. The summed E-state index contributed by atoms with van der Waals surface area (Å²) in [4.78, 5) is 0. The Morgan fingerprint density at radius 1 is 1.33 bits per heavy atom. The number of hydrogen-bond acceptors (Lipinski definition) is 3. The van der Waals surface area contributed by atoms with Crippen molar-refractivity contribution < 1.29 is 4.74 Å². The van der Waals surface area contributed by atoms with Crippen LogP contribution >= 0.6 is 11.8 Å². The molecule has 0 amide bonds. The van der Waals surface area contributed by atoms with Crippen LogP contribution < -0.4 is 5.32 Å². The van der Waals surface area contributed by atoms with Crippen LogP contribution in [0.2, 0.25) is 0 Å².